The lowest BCUT2D eigenvalue weighted by atomic mass is 9.95. The van der Waals surface area contributed by atoms with Gasteiger partial charge in [0.2, 0.25) is 0 Å². The van der Waals surface area contributed by atoms with Crippen LogP contribution in [0.4, 0.5) is 0 Å². The van der Waals surface area contributed by atoms with Gasteiger partial charge in [-0.25, -0.2) is 0 Å². The van der Waals surface area contributed by atoms with Crippen molar-refractivity contribution in [3.8, 4) is 0 Å². The Balaban J connectivity index is 1.70. The van der Waals surface area contributed by atoms with E-state index in [1.165, 1.54) is 55.3 Å². The molecule has 0 bridgehead atoms. The van der Waals surface area contributed by atoms with Crippen LogP contribution in [0.2, 0.25) is 0 Å². The lowest BCUT2D eigenvalue weighted by molar-refractivity contribution is 0.469. The Morgan fingerprint density at radius 2 is 2.00 bits per heavy atom. The third kappa shape index (κ3) is 4.45. The van der Waals surface area contributed by atoms with Crippen LogP contribution in [0, 0.1) is 19.8 Å². The van der Waals surface area contributed by atoms with E-state index in [4.69, 9.17) is 0 Å². The molecule has 0 aliphatic heterocycles. The molecular weight excluding hydrogens is 218 g/mol. The van der Waals surface area contributed by atoms with Crippen molar-refractivity contribution >= 4 is 0 Å². The van der Waals surface area contributed by atoms with Crippen LogP contribution in [0.3, 0.4) is 0 Å². The molecule has 2 rings (SSSR count). The molecule has 18 heavy (non-hydrogen) atoms. The van der Waals surface area contributed by atoms with Crippen LogP contribution >= 0.6 is 0 Å². The van der Waals surface area contributed by atoms with E-state index in [0.29, 0.717) is 0 Å². The molecule has 100 valence electrons. The Labute approximate surface area is 112 Å². The molecule has 1 heteroatoms. The third-order valence-electron chi connectivity index (χ3n) is 4.06. The summed E-state index contributed by atoms with van der Waals surface area (Å²) < 4.78 is 0. The van der Waals surface area contributed by atoms with E-state index in [1.807, 2.05) is 0 Å². The quantitative estimate of drug-likeness (QED) is 0.765. The minimum atomic E-state index is 0.830. The second-order valence-corrected chi connectivity index (χ2v) is 6.09. The predicted molar refractivity (Wildman–Crippen MR) is 79.0 cm³/mol. The Morgan fingerprint density at radius 3 is 2.72 bits per heavy atom. The van der Waals surface area contributed by atoms with Gasteiger partial charge in [-0.2, -0.15) is 0 Å². The lowest BCUT2D eigenvalue weighted by Crippen LogP contribution is -2.19. The Bertz CT molecular complexity index is 379. The zero-order chi connectivity index (χ0) is 13.0. The largest absolute Gasteiger partial charge is 0.314 e. The van der Waals surface area contributed by atoms with Crippen LogP contribution in [0.15, 0.2) is 18.2 Å². The van der Waals surface area contributed by atoms with E-state index < -0.39 is 0 Å². The normalized spacial score (nSPS) is 16.8. The number of hydrogen-bond donors (Lipinski definition) is 1. The molecule has 1 aliphatic rings. The van der Waals surface area contributed by atoms with Gasteiger partial charge in [0.15, 0.2) is 0 Å². The average Bonchev–Trinajstić information content (AvgIpc) is 3.14. The fourth-order valence-electron chi connectivity index (χ4n) is 2.44. The van der Waals surface area contributed by atoms with Crippen molar-refractivity contribution in [2.75, 3.05) is 6.54 Å². The SMILES string of the molecule is Cc1ccc(C)c(CCC(C)CCNC2CC2)c1. The molecule has 1 aromatic rings. The molecule has 0 aromatic heterocycles. The van der Waals surface area contributed by atoms with Crippen molar-refractivity contribution in [1.82, 2.24) is 5.32 Å². The first-order chi connectivity index (χ1) is 8.65. The maximum absolute atomic E-state index is 3.61. The summed E-state index contributed by atoms with van der Waals surface area (Å²) in [5, 5.41) is 3.61. The molecule has 1 saturated carbocycles. The molecule has 1 aliphatic carbocycles. The second kappa shape index (κ2) is 6.38. The lowest BCUT2D eigenvalue weighted by Gasteiger charge is -2.13. The van der Waals surface area contributed by atoms with Crippen LogP contribution in [-0.4, -0.2) is 12.6 Å². The van der Waals surface area contributed by atoms with E-state index >= 15 is 0 Å². The van der Waals surface area contributed by atoms with Crippen LogP contribution in [0.1, 0.15) is 49.3 Å². The van der Waals surface area contributed by atoms with Gasteiger partial charge in [-0.1, -0.05) is 30.7 Å². The van der Waals surface area contributed by atoms with Gasteiger partial charge in [-0.15, -0.1) is 0 Å². The third-order valence-corrected chi connectivity index (χ3v) is 4.06. The first-order valence-corrected chi connectivity index (χ1v) is 7.44. The predicted octanol–water partition coefficient (Wildman–Crippen LogP) is 4.01. The summed E-state index contributed by atoms with van der Waals surface area (Å²) in [5.41, 5.74) is 4.37. The number of nitrogens with one attached hydrogen (secondary N) is 1. The molecule has 1 nitrogen and oxygen atoms in total. The summed E-state index contributed by atoms with van der Waals surface area (Å²) in [4.78, 5) is 0. The maximum atomic E-state index is 3.61. The minimum absolute atomic E-state index is 0.830. The van der Waals surface area contributed by atoms with Gasteiger partial charge in [0.25, 0.3) is 0 Å². The van der Waals surface area contributed by atoms with E-state index in [1.54, 1.807) is 0 Å². The maximum Gasteiger partial charge on any atom is 0.00682 e. The Hall–Kier alpha value is -0.820. The molecule has 0 radical (unpaired) electrons. The Morgan fingerprint density at radius 1 is 1.22 bits per heavy atom. The van der Waals surface area contributed by atoms with Gasteiger partial charge in [-0.3, -0.25) is 0 Å². The zero-order valence-corrected chi connectivity index (χ0v) is 12.1. The molecule has 1 unspecified atom stereocenters. The first kappa shape index (κ1) is 13.6. The molecule has 1 N–H and O–H groups in total. The number of aryl methyl sites for hydroxylation is 3. The van der Waals surface area contributed by atoms with Crippen LogP contribution in [0.5, 0.6) is 0 Å². The fourth-order valence-corrected chi connectivity index (χ4v) is 2.44. The van der Waals surface area contributed by atoms with Crippen LogP contribution in [0.25, 0.3) is 0 Å². The second-order valence-electron chi connectivity index (χ2n) is 6.09. The van der Waals surface area contributed by atoms with Crippen molar-refractivity contribution in [3.63, 3.8) is 0 Å². The first-order valence-electron chi connectivity index (χ1n) is 7.44. The number of hydrogen-bond acceptors (Lipinski definition) is 1. The Kier molecular flexibility index (Phi) is 4.82. The average molecular weight is 245 g/mol. The molecule has 1 fully saturated rings. The van der Waals surface area contributed by atoms with Gasteiger partial charge < -0.3 is 5.32 Å². The van der Waals surface area contributed by atoms with Crippen molar-refractivity contribution < 1.29 is 0 Å². The van der Waals surface area contributed by atoms with E-state index in [0.717, 1.165) is 12.0 Å². The van der Waals surface area contributed by atoms with Gasteiger partial charge >= 0.3 is 0 Å². The molecule has 0 heterocycles. The van der Waals surface area contributed by atoms with Crippen LogP contribution in [-0.2, 0) is 6.42 Å². The molecular formula is C17H27N. The van der Waals surface area contributed by atoms with Gasteiger partial charge in [-0.05, 0) is 69.5 Å². The van der Waals surface area contributed by atoms with Crippen molar-refractivity contribution in [3.05, 3.63) is 34.9 Å². The number of rotatable bonds is 7. The molecule has 0 amide bonds. The molecule has 0 saturated heterocycles. The van der Waals surface area contributed by atoms with Crippen molar-refractivity contribution in [2.24, 2.45) is 5.92 Å². The van der Waals surface area contributed by atoms with Crippen molar-refractivity contribution in [2.45, 2.75) is 58.9 Å². The molecule has 1 aromatic carbocycles. The topological polar surface area (TPSA) is 12.0 Å². The molecule has 0 spiro atoms. The summed E-state index contributed by atoms with van der Waals surface area (Å²) in [6.07, 6.45) is 6.67. The number of benzene rings is 1. The summed E-state index contributed by atoms with van der Waals surface area (Å²) in [7, 11) is 0. The monoisotopic (exact) mass is 245 g/mol. The van der Waals surface area contributed by atoms with E-state index in [2.05, 4.69) is 44.3 Å². The highest BCUT2D eigenvalue weighted by molar-refractivity contribution is 5.30. The standard InChI is InChI=1S/C17H27N/c1-13(10-11-18-17-8-9-17)5-7-16-12-14(2)4-6-15(16)3/h4,6,12-13,17-18H,5,7-11H2,1-3H3. The summed E-state index contributed by atoms with van der Waals surface area (Å²) in [6.45, 7) is 8.01. The molecule has 1 atom stereocenters. The zero-order valence-electron chi connectivity index (χ0n) is 12.1. The van der Waals surface area contributed by atoms with E-state index in [9.17, 15) is 0 Å². The van der Waals surface area contributed by atoms with Gasteiger partial charge in [0.05, 0.1) is 0 Å². The highest BCUT2D eigenvalue weighted by Gasteiger charge is 2.19. The van der Waals surface area contributed by atoms with E-state index in [-0.39, 0.29) is 0 Å². The highest BCUT2D eigenvalue weighted by Crippen LogP contribution is 2.20. The van der Waals surface area contributed by atoms with Crippen LogP contribution < -0.4 is 5.32 Å². The summed E-state index contributed by atoms with van der Waals surface area (Å²) >= 11 is 0. The fraction of sp³-hybridized carbons (Fsp3) is 0.647. The van der Waals surface area contributed by atoms with Crippen molar-refractivity contribution in [1.29, 1.82) is 0 Å². The highest BCUT2D eigenvalue weighted by atomic mass is 14.9. The van der Waals surface area contributed by atoms with Gasteiger partial charge in [0, 0.05) is 6.04 Å². The van der Waals surface area contributed by atoms with Gasteiger partial charge in [0.1, 0.15) is 0 Å². The summed E-state index contributed by atoms with van der Waals surface area (Å²) in [6, 6.07) is 7.67. The summed E-state index contributed by atoms with van der Waals surface area (Å²) in [5.74, 6) is 0.830. The minimum Gasteiger partial charge on any atom is -0.314 e. The smallest absolute Gasteiger partial charge is 0.00682 e.